The van der Waals surface area contributed by atoms with Gasteiger partial charge in [-0.15, -0.1) is 0 Å². The van der Waals surface area contributed by atoms with Crippen LogP contribution < -0.4 is 10.9 Å². The standard InChI is InChI=1S/C13H13N5O4/c1-7-6-11(20)16-13(14-7)18-9(5-8(2)17-18)15-10(19)3-4-12(21)22/h3-6H,1-2H3,(H,15,19)(H,21,22)(H,14,16,20)/b4-3+. The summed E-state index contributed by atoms with van der Waals surface area (Å²) in [7, 11) is 0. The number of carbonyl (C=O) groups is 2. The Balaban J connectivity index is 2.36. The summed E-state index contributed by atoms with van der Waals surface area (Å²) in [5.74, 6) is -1.47. The van der Waals surface area contributed by atoms with Crippen LogP contribution in [0.4, 0.5) is 5.82 Å². The molecule has 114 valence electrons. The van der Waals surface area contributed by atoms with Crippen LogP contribution in [0.15, 0.2) is 29.1 Å². The molecule has 0 saturated carbocycles. The molecule has 0 aliphatic rings. The van der Waals surface area contributed by atoms with Crippen molar-refractivity contribution < 1.29 is 14.7 Å². The molecule has 0 spiro atoms. The monoisotopic (exact) mass is 303 g/mol. The predicted molar refractivity (Wildman–Crippen MR) is 76.9 cm³/mol. The van der Waals surface area contributed by atoms with Crippen molar-refractivity contribution in [2.45, 2.75) is 13.8 Å². The number of hydrogen-bond donors (Lipinski definition) is 3. The van der Waals surface area contributed by atoms with E-state index in [0.717, 1.165) is 12.2 Å². The number of H-pyrrole nitrogens is 1. The lowest BCUT2D eigenvalue weighted by Gasteiger charge is -2.06. The first kappa shape index (κ1) is 15.2. The lowest BCUT2D eigenvalue weighted by molar-refractivity contribution is -0.131. The third kappa shape index (κ3) is 3.66. The maximum atomic E-state index is 11.6. The van der Waals surface area contributed by atoms with E-state index in [1.165, 1.54) is 10.7 Å². The lowest BCUT2D eigenvalue weighted by Crippen LogP contribution is -2.17. The molecule has 2 rings (SSSR count). The van der Waals surface area contributed by atoms with E-state index in [-0.39, 0.29) is 17.3 Å². The molecule has 1 amide bonds. The van der Waals surface area contributed by atoms with Crippen molar-refractivity contribution in [3.63, 3.8) is 0 Å². The maximum Gasteiger partial charge on any atom is 0.328 e. The van der Waals surface area contributed by atoms with Crippen molar-refractivity contribution in [1.29, 1.82) is 0 Å². The second-order valence-corrected chi connectivity index (χ2v) is 4.45. The number of aryl methyl sites for hydroxylation is 2. The number of carboxylic acids is 1. The van der Waals surface area contributed by atoms with Crippen molar-refractivity contribution in [2.24, 2.45) is 0 Å². The van der Waals surface area contributed by atoms with E-state index >= 15 is 0 Å². The molecule has 0 aliphatic heterocycles. The van der Waals surface area contributed by atoms with Gasteiger partial charge in [0.1, 0.15) is 5.82 Å². The van der Waals surface area contributed by atoms with Gasteiger partial charge in [0, 0.05) is 30.0 Å². The van der Waals surface area contributed by atoms with Gasteiger partial charge in [0.25, 0.3) is 5.56 Å². The van der Waals surface area contributed by atoms with Crippen LogP contribution in [0.5, 0.6) is 0 Å². The largest absolute Gasteiger partial charge is 0.478 e. The van der Waals surface area contributed by atoms with Crippen LogP contribution in [0, 0.1) is 13.8 Å². The molecular formula is C13H13N5O4. The third-order valence-electron chi connectivity index (χ3n) is 2.52. The summed E-state index contributed by atoms with van der Waals surface area (Å²) in [6.07, 6.45) is 1.59. The Morgan fingerprint density at radius 1 is 1.27 bits per heavy atom. The summed E-state index contributed by atoms with van der Waals surface area (Å²) in [6.45, 7) is 3.36. The fraction of sp³-hybridized carbons (Fsp3) is 0.154. The Kier molecular flexibility index (Phi) is 4.16. The zero-order chi connectivity index (χ0) is 16.3. The summed E-state index contributed by atoms with van der Waals surface area (Å²) in [5.41, 5.74) is 0.732. The van der Waals surface area contributed by atoms with E-state index in [1.54, 1.807) is 19.9 Å². The highest BCUT2D eigenvalue weighted by Gasteiger charge is 2.12. The molecule has 9 heteroatoms. The average molecular weight is 303 g/mol. The Morgan fingerprint density at radius 3 is 2.64 bits per heavy atom. The van der Waals surface area contributed by atoms with Crippen LogP contribution in [0.1, 0.15) is 11.4 Å². The van der Waals surface area contributed by atoms with Crippen molar-refractivity contribution in [2.75, 3.05) is 5.32 Å². The minimum atomic E-state index is -1.23. The van der Waals surface area contributed by atoms with Gasteiger partial charge < -0.3 is 10.4 Å². The normalized spacial score (nSPS) is 10.8. The molecule has 2 aromatic rings. The molecule has 2 aromatic heterocycles. The van der Waals surface area contributed by atoms with Gasteiger partial charge in [-0.05, 0) is 13.8 Å². The summed E-state index contributed by atoms with van der Waals surface area (Å²) in [6, 6.07) is 2.89. The summed E-state index contributed by atoms with van der Waals surface area (Å²) < 4.78 is 1.26. The minimum absolute atomic E-state index is 0.149. The number of aromatic nitrogens is 4. The molecule has 0 bridgehead atoms. The highest BCUT2D eigenvalue weighted by atomic mass is 16.4. The van der Waals surface area contributed by atoms with E-state index < -0.39 is 11.9 Å². The number of amides is 1. The van der Waals surface area contributed by atoms with Crippen molar-refractivity contribution in [3.8, 4) is 5.95 Å². The molecule has 0 fully saturated rings. The molecule has 0 aromatic carbocycles. The molecule has 0 saturated heterocycles. The zero-order valence-electron chi connectivity index (χ0n) is 11.8. The van der Waals surface area contributed by atoms with E-state index in [0.29, 0.717) is 11.4 Å². The smallest absolute Gasteiger partial charge is 0.328 e. The van der Waals surface area contributed by atoms with Gasteiger partial charge in [-0.25, -0.2) is 9.78 Å². The van der Waals surface area contributed by atoms with Crippen LogP contribution in [-0.2, 0) is 9.59 Å². The Labute approximate surface area is 124 Å². The van der Waals surface area contributed by atoms with Crippen LogP contribution >= 0.6 is 0 Å². The number of anilines is 1. The molecule has 0 radical (unpaired) electrons. The van der Waals surface area contributed by atoms with Crippen molar-refractivity contribution in [3.05, 3.63) is 46.0 Å². The molecule has 3 N–H and O–H groups in total. The number of nitrogens with one attached hydrogen (secondary N) is 2. The highest BCUT2D eigenvalue weighted by molar-refractivity contribution is 6.01. The lowest BCUT2D eigenvalue weighted by atomic mass is 10.4. The summed E-state index contributed by atoms with van der Waals surface area (Å²) >= 11 is 0. The van der Waals surface area contributed by atoms with Gasteiger partial charge >= 0.3 is 5.97 Å². The van der Waals surface area contributed by atoms with Gasteiger partial charge in [-0.2, -0.15) is 9.78 Å². The molecule has 0 unspecified atom stereocenters. The molecule has 0 aliphatic carbocycles. The molecule has 2 heterocycles. The first-order valence-electron chi connectivity index (χ1n) is 6.22. The quantitative estimate of drug-likeness (QED) is 0.689. The Bertz CT molecular complexity index is 818. The number of rotatable bonds is 4. The summed E-state index contributed by atoms with van der Waals surface area (Å²) in [4.78, 5) is 40.2. The average Bonchev–Trinajstić information content (AvgIpc) is 2.76. The maximum absolute atomic E-state index is 11.6. The van der Waals surface area contributed by atoms with E-state index in [2.05, 4.69) is 20.4 Å². The number of nitrogens with zero attached hydrogens (tertiary/aromatic N) is 3. The Morgan fingerprint density at radius 2 is 2.00 bits per heavy atom. The minimum Gasteiger partial charge on any atom is -0.478 e. The fourth-order valence-corrected chi connectivity index (χ4v) is 1.73. The second-order valence-electron chi connectivity index (χ2n) is 4.45. The topological polar surface area (TPSA) is 130 Å². The molecule has 22 heavy (non-hydrogen) atoms. The van der Waals surface area contributed by atoms with Crippen LogP contribution in [0.25, 0.3) is 5.95 Å². The number of hydrogen-bond acceptors (Lipinski definition) is 5. The summed E-state index contributed by atoms with van der Waals surface area (Å²) in [5, 5.41) is 15.1. The molecule has 9 nitrogen and oxygen atoms in total. The highest BCUT2D eigenvalue weighted by Crippen LogP contribution is 2.13. The fourth-order valence-electron chi connectivity index (χ4n) is 1.73. The van der Waals surface area contributed by atoms with Gasteiger partial charge in [0.05, 0.1) is 5.69 Å². The van der Waals surface area contributed by atoms with Gasteiger partial charge in [0.15, 0.2) is 0 Å². The first-order chi connectivity index (χ1) is 10.3. The van der Waals surface area contributed by atoms with Gasteiger partial charge in [0.2, 0.25) is 11.9 Å². The zero-order valence-corrected chi connectivity index (χ0v) is 11.8. The van der Waals surface area contributed by atoms with E-state index in [1.807, 2.05) is 0 Å². The number of aromatic amines is 1. The third-order valence-corrected chi connectivity index (χ3v) is 2.52. The molecular weight excluding hydrogens is 290 g/mol. The second kappa shape index (κ2) is 6.04. The van der Waals surface area contributed by atoms with E-state index in [4.69, 9.17) is 5.11 Å². The predicted octanol–water partition coefficient (Wildman–Crippen LogP) is 0.152. The SMILES string of the molecule is Cc1cc(=O)[nH]c(-n2nc(C)cc2NC(=O)/C=C/C(=O)O)n1. The number of carboxylic acid groups (broad SMARTS) is 1. The molecule has 0 atom stereocenters. The number of carbonyl (C=O) groups excluding carboxylic acids is 1. The Hall–Kier alpha value is -3.23. The van der Waals surface area contributed by atoms with Crippen LogP contribution in [0.3, 0.4) is 0 Å². The van der Waals surface area contributed by atoms with Crippen LogP contribution in [-0.4, -0.2) is 36.7 Å². The van der Waals surface area contributed by atoms with E-state index in [9.17, 15) is 14.4 Å². The first-order valence-corrected chi connectivity index (χ1v) is 6.22. The van der Waals surface area contributed by atoms with Gasteiger partial charge in [-0.1, -0.05) is 0 Å². The number of aliphatic carboxylic acids is 1. The van der Waals surface area contributed by atoms with Crippen LogP contribution in [0.2, 0.25) is 0 Å². The van der Waals surface area contributed by atoms with Gasteiger partial charge in [-0.3, -0.25) is 14.6 Å². The van der Waals surface area contributed by atoms with Crippen molar-refractivity contribution >= 4 is 17.7 Å². The van der Waals surface area contributed by atoms with Crippen molar-refractivity contribution in [1.82, 2.24) is 19.7 Å².